The number of hydrogen-bond donors (Lipinski definition) is 2. The second-order valence-electron chi connectivity index (χ2n) is 7.65. The van der Waals surface area contributed by atoms with E-state index in [1.807, 2.05) is 12.4 Å². The summed E-state index contributed by atoms with van der Waals surface area (Å²) in [6.45, 7) is 7.04. The maximum Gasteiger partial charge on any atom is 0.137 e. The second-order valence-corrected chi connectivity index (χ2v) is 7.65. The van der Waals surface area contributed by atoms with Crippen LogP contribution in [0.1, 0.15) is 46.7 Å². The van der Waals surface area contributed by atoms with Gasteiger partial charge in [-0.15, -0.1) is 0 Å². The Labute approximate surface area is 154 Å². The molecule has 2 aromatic heterocycles. The van der Waals surface area contributed by atoms with Crippen molar-refractivity contribution in [2.75, 3.05) is 13.2 Å². The molecule has 134 valence electrons. The Bertz CT molecular complexity index is 983. The minimum Gasteiger partial charge on any atom is -0.376 e. The lowest BCUT2D eigenvalue weighted by atomic mass is 9.87. The molecule has 0 bridgehead atoms. The molecule has 0 aliphatic carbocycles. The molecule has 4 heterocycles. The van der Waals surface area contributed by atoms with Gasteiger partial charge in [0.25, 0.3) is 0 Å². The third-order valence-electron chi connectivity index (χ3n) is 6.04. The number of hydrogen-bond acceptors (Lipinski definition) is 3. The quantitative estimate of drug-likeness (QED) is 0.725. The average molecular weight is 347 g/mol. The number of nitrogens with one attached hydrogen (secondary N) is 2. The van der Waals surface area contributed by atoms with Crippen LogP contribution in [0.4, 0.5) is 0 Å². The van der Waals surface area contributed by atoms with Gasteiger partial charge in [0.05, 0.1) is 13.2 Å². The highest BCUT2D eigenvalue weighted by atomic mass is 16.5. The Kier molecular flexibility index (Phi) is 3.84. The highest BCUT2D eigenvalue weighted by molar-refractivity contribution is 5.89. The molecule has 1 unspecified atom stereocenters. The van der Waals surface area contributed by atoms with Gasteiger partial charge in [-0.3, -0.25) is 0 Å². The average Bonchev–Trinajstić information content (AvgIpc) is 3.32. The number of aryl methyl sites for hydroxylation is 2. The van der Waals surface area contributed by atoms with Crippen molar-refractivity contribution in [2.45, 2.75) is 45.8 Å². The monoisotopic (exact) mass is 347 g/mol. The second kappa shape index (κ2) is 6.22. The largest absolute Gasteiger partial charge is 0.376 e. The van der Waals surface area contributed by atoms with E-state index in [4.69, 9.17) is 4.74 Å². The van der Waals surface area contributed by atoms with Crippen LogP contribution in [-0.2, 0) is 17.8 Å². The van der Waals surface area contributed by atoms with Crippen molar-refractivity contribution in [3.05, 3.63) is 52.3 Å². The van der Waals surface area contributed by atoms with Crippen LogP contribution in [0.2, 0.25) is 0 Å². The number of benzene rings is 1. The van der Waals surface area contributed by atoms with Gasteiger partial charge in [-0.2, -0.15) is 0 Å². The van der Waals surface area contributed by atoms with Gasteiger partial charge in [0.1, 0.15) is 5.65 Å². The van der Waals surface area contributed by atoms with Crippen molar-refractivity contribution in [1.29, 1.82) is 0 Å². The summed E-state index contributed by atoms with van der Waals surface area (Å²) in [5.74, 6) is 0. The topological polar surface area (TPSA) is 49.9 Å². The van der Waals surface area contributed by atoms with Crippen LogP contribution in [0.3, 0.4) is 0 Å². The fourth-order valence-corrected chi connectivity index (χ4v) is 4.66. The molecule has 1 saturated heterocycles. The predicted molar refractivity (Wildman–Crippen MR) is 104 cm³/mol. The van der Waals surface area contributed by atoms with E-state index in [9.17, 15) is 0 Å². The zero-order valence-electron chi connectivity index (χ0n) is 15.5. The first kappa shape index (κ1) is 16.0. The molecule has 2 aliphatic rings. The van der Waals surface area contributed by atoms with Gasteiger partial charge in [-0.25, -0.2) is 4.98 Å². The van der Waals surface area contributed by atoms with E-state index >= 15 is 0 Å². The summed E-state index contributed by atoms with van der Waals surface area (Å²) in [6.07, 6.45) is 7.54. The van der Waals surface area contributed by atoms with Crippen LogP contribution in [0, 0.1) is 13.8 Å². The molecule has 4 heteroatoms. The lowest BCUT2D eigenvalue weighted by Gasteiger charge is -2.25. The molecule has 1 aromatic carbocycles. The maximum atomic E-state index is 5.78. The summed E-state index contributed by atoms with van der Waals surface area (Å²) in [4.78, 5) is 7.96. The molecule has 0 spiro atoms. The van der Waals surface area contributed by atoms with Gasteiger partial charge >= 0.3 is 0 Å². The zero-order valence-corrected chi connectivity index (χ0v) is 15.5. The van der Waals surface area contributed by atoms with Crippen LogP contribution in [0.15, 0.2) is 24.5 Å². The fraction of sp³-hybridized carbons (Fsp3) is 0.409. The van der Waals surface area contributed by atoms with E-state index in [-0.39, 0.29) is 0 Å². The third-order valence-corrected chi connectivity index (χ3v) is 6.04. The van der Waals surface area contributed by atoms with Crippen molar-refractivity contribution < 1.29 is 4.74 Å². The molecule has 0 amide bonds. The molecular weight excluding hydrogens is 322 g/mol. The van der Waals surface area contributed by atoms with E-state index < -0.39 is 0 Å². The number of rotatable bonds is 2. The van der Waals surface area contributed by atoms with Gasteiger partial charge in [-0.05, 0) is 79.1 Å². The molecule has 0 saturated carbocycles. The van der Waals surface area contributed by atoms with E-state index in [0.29, 0.717) is 6.04 Å². The van der Waals surface area contributed by atoms with Gasteiger partial charge in [0.2, 0.25) is 0 Å². The molecule has 2 aliphatic heterocycles. The number of aromatic amines is 1. The summed E-state index contributed by atoms with van der Waals surface area (Å²) in [7, 11) is 0. The number of nitrogens with zero attached hydrogens (tertiary/aromatic N) is 1. The third kappa shape index (κ3) is 2.48. The van der Waals surface area contributed by atoms with Gasteiger partial charge < -0.3 is 15.0 Å². The van der Waals surface area contributed by atoms with Crippen LogP contribution >= 0.6 is 0 Å². The van der Waals surface area contributed by atoms with E-state index in [1.165, 1.54) is 57.2 Å². The smallest absolute Gasteiger partial charge is 0.137 e. The van der Waals surface area contributed by atoms with Crippen molar-refractivity contribution in [3.63, 3.8) is 0 Å². The summed E-state index contributed by atoms with van der Waals surface area (Å²) in [6, 6.07) is 5.21. The Balaban J connectivity index is 1.71. The minimum atomic E-state index is 0.455. The molecule has 4 nitrogen and oxygen atoms in total. The van der Waals surface area contributed by atoms with Gasteiger partial charge in [0, 0.05) is 29.4 Å². The van der Waals surface area contributed by atoms with Crippen LogP contribution in [0.5, 0.6) is 0 Å². The minimum absolute atomic E-state index is 0.455. The van der Waals surface area contributed by atoms with Crippen LogP contribution in [0.25, 0.3) is 22.2 Å². The number of H-pyrrole nitrogens is 1. The number of fused-ring (bicyclic) bond motifs is 2. The van der Waals surface area contributed by atoms with Gasteiger partial charge in [-0.1, -0.05) is 6.07 Å². The molecule has 0 radical (unpaired) electrons. The lowest BCUT2D eigenvalue weighted by molar-refractivity contribution is 0.109. The van der Waals surface area contributed by atoms with E-state index in [1.54, 1.807) is 0 Å². The van der Waals surface area contributed by atoms with Crippen molar-refractivity contribution in [3.8, 4) is 11.1 Å². The van der Waals surface area contributed by atoms with Crippen molar-refractivity contribution in [1.82, 2.24) is 15.3 Å². The number of ether oxygens (including phenoxy) is 1. The summed E-state index contributed by atoms with van der Waals surface area (Å²) >= 11 is 0. The first-order valence-electron chi connectivity index (χ1n) is 9.63. The predicted octanol–water partition coefficient (Wildman–Crippen LogP) is 4.34. The molecule has 2 N–H and O–H groups in total. The first-order chi connectivity index (χ1) is 12.7. The highest BCUT2D eigenvalue weighted by Gasteiger charge is 2.24. The van der Waals surface area contributed by atoms with Crippen LogP contribution in [-0.4, -0.2) is 23.1 Å². The Morgan fingerprint density at radius 1 is 1.23 bits per heavy atom. The molecule has 26 heavy (non-hydrogen) atoms. The molecule has 1 fully saturated rings. The molecular formula is C22H25N3O. The normalized spacial score (nSPS) is 19.8. The van der Waals surface area contributed by atoms with Crippen molar-refractivity contribution in [2.24, 2.45) is 0 Å². The standard InChI is InChI=1S/C22H25N3O/c1-13-10-24-22-21(13)14(2)18(11-25-22)16-8-15-5-7-26-12-19(15)17(9-16)20-4-3-6-23-20/h8-11,20,23H,3-7,12H2,1-2H3,(H,24,25). The molecule has 1 atom stereocenters. The summed E-state index contributed by atoms with van der Waals surface area (Å²) in [5.41, 5.74) is 10.4. The summed E-state index contributed by atoms with van der Waals surface area (Å²) < 4.78 is 5.78. The van der Waals surface area contributed by atoms with Crippen molar-refractivity contribution >= 4 is 11.0 Å². The summed E-state index contributed by atoms with van der Waals surface area (Å²) in [5, 5.41) is 4.93. The first-order valence-corrected chi connectivity index (χ1v) is 9.63. The van der Waals surface area contributed by atoms with Gasteiger partial charge in [0.15, 0.2) is 0 Å². The van der Waals surface area contributed by atoms with E-state index in [0.717, 1.165) is 31.8 Å². The van der Waals surface area contributed by atoms with E-state index in [2.05, 4.69) is 41.3 Å². The fourth-order valence-electron chi connectivity index (χ4n) is 4.66. The lowest BCUT2D eigenvalue weighted by Crippen LogP contribution is -2.19. The molecule has 3 aromatic rings. The van der Waals surface area contributed by atoms with Crippen LogP contribution < -0.4 is 5.32 Å². The number of pyridine rings is 1. The Morgan fingerprint density at radius 3 is 3.00 bits per heavy atom. The molecule has 5 rings (SSSR count). The maximum absolute atomic E-state index is 5.78. The number of aromatic nitrogens is 2. The SMILES string of the molecule is Cc1c[nH]c2ncc(-c3cc4c(c(C5CCCN5)c3)COCC4)c(C)c12. The Morgan fingerprint density at radius 2 is 2.15 bits per heavy atom. The zero-order chi connectivity index (χ0) is 17.7. The highest BCUT2D eigenvalue weighted by Crippen LogP contribution is 2.37. The Hall–Kier alpha value is -2.17.